The Hall–Kier alpha value is -2.23. The summed E-state index contributed by atoms with van der Waals surface area (Å²) in [6.07, 6.45) is 7.55. The van der Waals surface area contributed by atoms with Gasteiger partial charge in [-0.3, -0.25) is 4.79 Å². The number of hydrogen-bond donors (Lipinski definition) is 0. The lowest BCUT2D eigenvalue weighted by Gasteiger charge is -2.23. The van der Waals surface area contributed by atoms with Crippen molar-refractivity contribution in [3.63, 3.8) is 0 Å². The van der Waals surface area contributed by atoms with Crippen LogP contribution in [0.25, 0.3) is 11.0 Å². The molecule has 1 aliphatic heterocycles. The van der Waals surface area contributed by atoms with Crippen molar-refractivity contribution in [1.29, 1.82) is 0 Å². The molecule has 1 saturated heterocycles. The first kappa shape index (κ1) is 12.5. The summed E-state index contributed by atoms with van der Waals surface area (Å²) in [5, 5.41) is 0.961. The molecule has 0 saturated carbocycles. The largest absolute Gasteiger partial charge is 0.497 e. The third-order valence-electron chi connectivity index (χ3n) is 4.50. The van der Waals surface area contributed by atoms with E-state index in [0.717, 1.165) is 35.2 Å². The van der Waals surface area contributed by atoms with Crippen LogP contribution < -0.4 is 4.74 Å². The molecule has 21 heavy (non-hydrogen) atoms. The van der Waals surface area contributed by atoms with E-state index in [1.807, 2.05) is 23.1 Å². The fourth-order valence-corrected chi connectivity index (χ4v) is 3.38. The third kappa shape index (κ3) is 2.02. The van der Waals surface area contributed by atoms with Crippen molar-refractivity contribution < 1.29 is 13.9 Å². The van der Waals surface area contributed by atoms with Crippen LogP contribution in [0.5, 0.6) is 5.75 Å². The van der Waals surface area contributed by atoms with Crippen LogP contribution in [0.2, 0.25) is 0 Å². The summed E-state index contributed by atoms with van der Waals surface area (Å²) in [5.41, 5.74) is 1.72. The van der Waals surface area contributed by atoms with E-state index in [2.05, 4.69) is 12.2 Å². The number of fused-ring (bicyclic) bond motifs is 3. The quantitative estimate of drug-likeness (QED) is 0.813. The average molecular weight is 283 g/mol. The molecular weight excluding hydrogens is 266 g/mol. The molecule has 0 spiro atoms. The van der Waals surface area contributed by atoms with Gasteiger partial charge in [-0.1, -0.05) is 12.2 Å². The third-order valence-corrected chi connectivity index (χ3v) is 4.50. The number of amides is 1. The Kier molecular flexibility index (Phi) is 2.77. The molecule has 2 aromatic rings. The smallest absolute Gasteiger partial charge is 0.227 e. The summed E-state index contributed by atoms with van der Waals surface area (Å²) in [7, 11) is 1.64. The van der Waals surface area contributed by atoms with Crippen LogP contribution in [0.15, 0.2) is 41.0 Å². The molecular formula is C17H17NO3. The van der Waals surface area contributed by atoms with E-state index in [4.69, 9.17) is 9.15 Å². The number of likely N-dealkylation sites (tertiary alicyclic amines) is 1. The summed E-state index contributed by atoms with van der Waals surface area (Å²) in [4.78, 5) is 14.5. The van der Waals surface area contributed by atoms with Gasteiger partial charge in [0, 0.05) is 17.5 Å². The van der Waals surface area contributed by atoms with Gasteiger partial charge in [0.25, 0.3) is 0 Å². The maximum absolute atomic E-state index is 12.5. The summed E-state index contributed by atoms with van der Waals surface area (Å²) >= 11 is 0. The lowest BCUT2D eigenvalue weighted by Crippen LogP contribution is -2.36. The van der Waals surface area contributed by atoms with Crippen LogP contribution in [0.1, 0.15) is 12.0 Å². The molecule has 4 nitrogen and oxygen atoms in total. The highest BCUT2D eigenvalue weighted by Gasteiger charge is 2.36. The maximum atomic E-state index is 12.5. The van der Waals surface area contributed by atoms with Crippen LogP contribution in [-0.2, 0) is 11.2 Å². The number of carbonyl (C=O) groups is 1. The highest BCUT2D eigenvalue weighted by Crippen LogP contribution is 2.33. The Labute approximate surface area is 123 Å². The molecule has 2 bridgehead atoms. The molecule has 2 aliphatic rings. The van der Waals surface area contributed by atoms with Crippen molar-refractivity contribution >= 4 is 16.9 Å². The van der Waals surface area contributed by atoms with Crippen molar-refractivity contribution in [2.45, 2.75) is 18.9 Å². The minimum absolute atomic E-state index is 0.178. The van der Waals surface area contributed by atoms with Gasteiger partial charge in [-0.15, -0.1) is 0 Å². The maximum Gasteiger partial charge on any atom is 0.227 e. The molecule has 4 heteroatoms. The minimum atomic E-state index is 0.178. The van der Waals surface area contributed by atoms with Gasteiger partial charge in [0.05, 0.1) is 25.8 Å². The van der Waals surface area contributed by atoms with Gasteiger partial charge in [0.2, 0.25) is 5.91 Å². The highest BCUT2D eigenvalue weighted by atomic mass is 16.5. The predicted molar refractivity (Wildman–Crippen MR) is 79.2 cm³/mol. The standard InChI is InChI=1S/C17H17NO3/c1-20-14-4-5-16-15(8-14)12(10-21-16)7-17(19)18-9-11-2-3-13(18)6-11/h2-5,8,10-11,13H,6-7,9H2,1H3/t11-,13+/m0/s1. The van der Waals surface area contributed by atoms with Crippen LogP contribution in [0.3, 0.4) is 0 Å². The zero-order valence-corrected chi connectivity index (χ0v) is 11.9. The van der Waals surface area contributed by atoms with Crippen molar-refractivity contribution in [3.05, 3.63) is 42.2 Å². The lowest BCUT2D eigenvalue weighted by atomic mass is 10.1. The fourth-order valence-electron chi connectivity index (χ4n) is 3.38. The summed E-state index contributed by atoms with van der Waals surface area (Å²) in [6, 6.07) is 5.97. The van der Waals surface area contributed by atoms with Gasteiger partial charge in [0.15, 0.2) is 0 Å². The molecule has 1 aliphatic carbocycles. The minimum Gasteiger partial charge on any atom is -0.497 e. The fraction of sp³-hybridized carbons (Fsp3) is 0.353. The van der Waals surface area contributed by atoms with Gasteiger partial charge < -0.3 is 14.1 Å². The SMILES string of the molecule is COc1ccc2occ(CC(=O)N3C[C@H]4C=C[C@@H]3C4)c2c1. The zero-order chi connectivity index (χ0) is 14.4. The molecule has 1 aromatic carbocycles. The van der Waals surface area contributed by atoms with E-state index in [9.17, 15) is 4.79 Å². The Morgan fingerprint density at radius 3 is 3.05 bits per heavy atom. The number of rotatable bonds is 3. The first-order valence-corrected chi connectivity index (χ1v) is 7.26. The first-order valence-electron chi connectivity index (χ1n) is 7.26. The number of furan rings is 1. The van der Waals surface area contributed by atoms with Gasteiger partial charge in [-0.25, -0.2) is 0 Å². The van der Waals surface area contributed by atoms with Gasteiger partial charge >= 0.3 is 0 Å². The van der Waals surface area contributed by atoms with Crippen molar-refractivity contribution in [3.8, 4) is 5.75 Å². The Balaban J connectivity index is 1.59. The van der Waals surface area contributed by atoms with E-state index in [0.29, 0.717) is 18.4 Å². The number of nitrogens with zero attached hydrogens (tertiary/aromatic N) is 1. The van der Waals surface area contributed by atoms with Crippen LogP contribution in [0.4, 0.5) is 0 Å². The Morgan fingerprint density at radius 2 is 2.33 bits per heavy atom. The first-order chi connectivity index (χ1) is 10.2. The topological polar surface area (TPSA) is 42.7 Å². The second-order valence-corrected chi connectivity index (χ2v) is 5.79. The molecule has 1 amide bonds. The molecule has 2 atom stereocenters. The van der Waals surface area contributed by atoms with Crippen molar-refractivity contribution in [2.24, 2.45) is 5.92 Å². The molecule has 0 radical (unpaired) electrons. The molecule has 0 N–H and O–H groups in total. The molecule has 4 rings (SSSR count). The molecule has 0 unspecified atom stereocenters. The number of carbonyl (C=O) groups excluding carboxylic acids is 1. The number of ether oxygens (including phenoxy) is 1. The zero-order valence-electron chi connectivity index (χ0n) is 11.9. The van der Waals surface area contributed by atoms with E-state index < -0.39 is 0 Å². The molecule has 1 aromatic heterocycles. The average Bonchev–Trinajstić information content (AvgIpc) is 3.22. The molecule has 1 fully saturated rings. The second kappa shape index (κ2) is 4.65. The number of methoxy groups -OCH3 is 1. The van der Waals surface area contributed by atoms with E-state index >= 15 is 0 Å². The molecule has 108 valence electrons. The van der Waals surface area contributed by atoms with Gasteiger partial charge in [-0.2, -0.15) is 0 Å². The van der Waals surface area contributed by atoms with E-state index in [1.165, 1.54) is 0 Å². The highest BCUT2D eigenvalue weighted by molar-refractivity contribution is 5.88. The van der Waals surface area contributed by atoms with Gasteiger partial charge in [-0.05, 0) is 30.5 Å². The summed E-state index contributed by atoms with van der Waals surface area (Å²) in [6.45, 7) is 0.860. The van der Waals surface area contributed by atoms with E-state index in [1.54, 1.807) is 13.4 Å². The van der Waals surface area contributed by atoms with Crippen LogP contribution >= 0.6 is 0 Å². The van der Waals surface area contributed by atoms with E-state index in [-0.39, 0.29) is 5.91 Å². The van der Waals surface area contributed by atoms with Crippen molar-refractivity contribution in [1.82, 2.24) is 4.90 Å². The lowest BCUT2D eigenvalue weighted by molar-refractivity contribution is -0.130. The van der Waals surface area contributed by atoms with Crippen LogP contribution in [-0.4, -0.2) is 30.5 Å². The number of benzene rings is 1. The summed E-state index contributed by atoms with van der Waals surface area (Å²) < 4.78 is 10.8. The van der Waals surface area contributed by atoms with Crippen LogP contribution in [0, 0.1) is 5.92 Å². The second-order valence-electron chi connectivity index (χ2n) is 5.79. The predicted octanol–water partition coefficient (Wildman–Crippen LogP) is 2.77. The Bertz CT molecular complexity index is 731. The molecule has 2 heterocycles. The monoisotopic (exact) mass is 283 g/mol. The Morgan fingerprint density at radius 1 is 1.43 bits per heavy atom. The van der Waals surface area contributed by atoms with Crippen molar-refractivity contribution in [2.75, 3.05) is 13.7 Å². The summed E-state index contributed by atoms with van der Waals surface area (Å²) in [5.74, 6) is 1.51. The number of hydrogen-bond acceptors (Lipinski definition) is 3. The normalized spacial score (nSPS) is 23.2. The van der Waals surface area contributed by atoms with Gasteiger partial charge in [0.1, 0.15) is 11.3 Å².